The number of nitrogens with one attached hydrogen (secondary N) is 1. The summed E-state index contributed by atoms with van der Waals surface area (Å²) < 4.78 is 13.1. The second kappa shape index (κ2) is 7.13. The molecule has 0 fully saturated rings. The molecule has 0 saturated carbocycles. The molecule has 1 aromatic rings. The Balaban J connectivity index is 2.75. The molecule has 0 aliphatic carbocycles. The van der Waals surface area contributed by atoms with Crippen LogP contribution in [0.25, 0.3) is 0 Å². The van der Waals surface area contributed by atoms with Crippen molar-refractivity contribution >= 4 is 23.6 Å². The van der Waals surface area contributed by atoms with Crippen molar-refractivity contribution in [3.63, 3.8) is 0 Å². The zero-order chi connectivity index (χ0) is 14.4. The smallest absolute Gasteiger partial charge is 0.326 e. The summed E-state index contributed by atoms with van der Waals surface area (Å²) in [7, 11) is 0. The van der Waals surface area contributed by atoms with Gasteiger partial charge in [0.15, 0.2) is 0 Å². The van der Waals surface area contributed by atoms with Crippen LogP contribution in [0.15, 0.2) is 18.2 Å². The molecule has 1 amide bonds. The predicted molar refractivity (Wildman–Crippen MR) is 73.0 cm³/mol. The van der Waals surface area contributed by atoms with Gasteiger partial charge in [0.2, 0.25) is 0 Å². The maximum atomic E-state index is 13.1. The van der Waals surface area contributed by atoms with Gasteiger partial charge in [0, 0.05) is 5.56 Å². The fraction of sp³-hybridized carbons (Fsp3) is 0.385. The Morgan fingerprint density at radius 3 is 2.68 bits per heavy atom. The fourth-order valence-electron chi connectivity index (χ4n) is 1.52. The highest BCUT2D eigenvalue weighted by Crippen LogP contribution is 2.10. The number of carboxylic acids is 1. The molecule has 6 heteroatoms. The zero-order valence-corrected chi connectivity index (χ0v) is 11.6. The number of carbonyl (C=O) groups is 2. The minimum Gasteiger partial charge on any atom is -0.480 e. The van der Waals surface area contributed by atoms with Crippen LogP contribution in [0.5, 0.6) is 0 Å². The third kappa shape index (κ3) is 4.55. The lowest BCUT2D eigenvalue weighted by Gasteiger charge is -2.14. The van der Waals surface area contributed by atoms with E-state index in [9.17, 15) is 14.0 Å². The summed E-state index contributed by atoms with van der Waals surface area (Å²) in [6.45, 7) is 1.55. The second-order valence-electron chi connectivity index (χ2n) is 4.11. The number of aryl methyl sites for hydroxylation is 1. The third-order valence-electron chi connectivity index (χ3n) is 2.63. The molecular weight excluding hydrogens is 269 g/mol. The second-order valence-corrected chi connectivity index (χ2v) is 5.10. The maximum Gasteiger partial charge on any atom is 0.326 e. The minimum absolute atomic E-state index is 0.259. The number of amides is 1. The minimum atomic E-state index is -1.07. The molecule has 1 atom stereocenters. The highest BCUT2D eigenvalue weighted by Gasteiger charge is 2.20. The number of hydrogen-bond donors (Lipinski definition) is 2. The molecular formula is C13H16FNO3S. The van der Waals surface area contributed by atoms with Crippen LogP contribution >= 0.6 is 11.8 Å². The van der Waals surface area contributed by atoms with E-state index in [1.807, 2.05) is 6.26 Å². The summed E-state index contributed by atoms with van der Waals surface area (Å²) >= 11 is 1.51. The van der Waals surface area contributed by atoms with E-state index in [4.69, 9.17) is 5.11 Å². The third-order valence-corrected chi connectivity index (χ3v) is 3.28. The van der Waals surface area contributed by atoms with Gasteiger partial charge in [-0.25, -0.2) is 9.18 Å². The van der Waals surface area contributed by atoms with Crippen molar-refractivity contribution < 1.29 is 19.1 Å². The van der Waals surface area contributed by atoms with E-state index in [1.165, 1.54) is 30.0 Å². The van der Waals surface area contributed by atoms with Crippen LogP contribution in [0.3, 0.4) is 0 Å². The van der Waals surface area contributed by atoms with E-state index in [2.05, 4.69) is 5.32 Å². The van der Waals surface area contributed by atoms with Gasteiger partial charge in [0.1, 0.15) is 11.9 Å². The topological polar surface area (TPSA) is 66.4 Å². The predicted octanol–water partition coefficient (Wildman–Crippen LogP) is 2.07. The van der Waals surface area contributed by atoms with Crippen molar-refractivity contribution in [1.29, 1.82) is 0 Å². The Labute approximate surface area is 115 Å². The number of hydrogen-bond acceptors (Lipinski definition) is 3. The lowest BCUT2D eigenvalue weighted by atomic mass is 10.1. The number of aliphatic carboxylic acids is 1. The molecule has 0 radical (unpaired) electrons. The molecule has 4 nitrogen and oxygen atoms in total. The molecule has 2 N–H and O–H groups in total. The fourth-order valence-corrected chi connectivity index (χ4v) is 1.99. The standard InChI is InChI=1S/C13H16FNO3S/c1-8-7-9(3-4-10(8)14)12(16)15-11(13(17)18)5-6-19-2/h3-4,7,11H,5-6H2,1-2H3,(H,15,16)(H,17,18)/t11-/m0/s1. The molecule has 0 aromatic heterocycles. The van der Waals surface area contributed by atoms with Gasteiger partial charge in [0.05, 0.1) is 0 Å². The van der Waals surface area contributed by atoms with Crippen LogP contribution in [0, 0.1) is 12.7 Å². The van der Waals surface area contributed by atoms with Crippen molar-refractivity contribution in [2.75, 3.05) is 12.0 Å². The van der Waals surface area contributed by atoms with E-state index in [1.54, 1.807) is 6.92 Å². The van der Waals surface area contributed by atoms with Crippen LogP contribution < -0.4 is 5.32 Å². The number of halogens is 1. The van der Waals surface area contributed by atoms with Gasteiger partial charge < -0.3 is 10.4 Å². The molecule has 0 spiro atoms. The van der Waals surface area contributed by atoms with Crippen LogP contribution in [-0.2, 0) is 4.79 Å². The molecule has 0 bridgehead atoms. The van der Waals surface area contributed by atoms with Gasteiger partial charge in [-0.1, -0.05) is 0 Å². The Morgan fingerprint density at radius 1 is 1.47 bits per heavy atom. The van der Waals surface area contributed by atoms with Gasteiger partial charge in [-0.15, -0.1) is 0 Å². The highest BCUT2D eigenvalue weighted by atomic mass is 32.2. The first kappa shape index (κ1) is 15.5. The number of carbonyl (C=O) groups excluding carboxylic acids is 1. The average Bonchev–Trinajstić information content (AvgIpc) is 2.37. The summed E-state index contributed by atoms with van der Waals surface area (Å²) in [6.07, 6.45) is 2.21. The van der Waals surface area contributed by atoms with Crippen LogP contribution in [0.2, 0.25) is 0 Å². The first-order valence-electron chi connectivity index (χ1n) is 5.74. The summed E-state index contributed by atoms with van der Waals surface area (Å²) in [5.74, 6) is -1.33. The number of benzene rings is 1. The number of thioether (sulfide) groups is 1. The van der Waals surface area contributed by atoms with Crippen molar-refractivity contribution in [3.05, 3.63) is 35.1 Å². The molecule has 0 aliphatic rings. The molecule has 0 unspecified atom stereocenters. The van der Waals surface area contributed by atoms with Gasteiger partial charge in [0.25, 0.3) is 5.91 Å². The SMILES string of the molecule is CSCC[C@H](NC(=O)c1ccc(F)c(C)c1)C(=O)O. The van der Waals surface area contributed by atoms with E-state index >= 15 is 0 Å². The van der Waals surface area contributed by atoms with Crippen molar-refractivity contribution in [3.8, 4) is 0 Å². The van der Waals surface area contributed by atoms with Gasteiger partial charge in [-0.05, 0) is 49.1 Å². The Kier molecular flexibility index (Phi) is 5.82. The summed E-state index contributed by atoms with van der Waals surface area (Å²) in [5, 5.41) is 11.5. The Morgan fingerprint density at radius 2 is 2.16 bits per heavy atom. The first-order valence-corrected chi connectivity index (χ1v) is 7.14. The van der Waals surface area contributed by atoms with E-state index in [-0.39, 0.29) is 5.56 Å². The van der Waals surface area contributed by atoms with Crippen LogP contribution in [0.1, 0.15) is 22.3 Å². The lowest BCUT2D eigenvalue weighted by molar-refractivity contribution is -0.139. The lowest BCUT2D eigenvalue weighted by Crippen LogP contribution is -2.41. The zero-order valence-electron chi connectivity index (χ0n) is 10.8. The van der Waals surface area contributed by atoms with E-state index in [0.717, 1.165) is 0 Å². The van der Waals surface area contributed by atoms with Crippen molar-refractivity contribution in [2.45, 2.75) is 19.4 Å². The van der Waals surface area contributed by atoms with Crippen molar-refractivity contribution in [1.82, 2.24) is 5.32 Å². The van der Waals surface area contributed by atoms with Gasteiger partial charge in [-0.3, -0.25) is 4.79 Å². The monoisotopic (exact) mass is 285 g/mol. The molecule has 104 valence electrons. The normalized spacial score (nSPS) is 11.9. The van der Waals surface area contributed by atoms with Crippen LogP contribution in [-0.4, -0.2) is 35.0 Å². The molecule has 0 heterocycles. The van der Waals surface area contributed by atoms with Gasteiger partial charge >= 0.3 is 5.97 Å². The number of carboxylic acid groups (broad SMARTS) is 1. The highest BCUT2D eigenvalue weighted by molar-refractivity contribution is 7.98. The molecule has 0 saturated heterocycles. The summed E-state index contributed by atoms with van der Waals surface area (Å²) in [6, 6.07) is 3.01. The Hall–Kier alpha value is -1.56. The quantitative estimate of drug-likeness (QED) is 0.839. The maximum absolute atomic E-state index is 13.1. The average molecular weight is 285 g/mol. The van der Waals surface area contributed by atoms with E-state index < -0.39 is 23.7 Å². The number of rotatable bonds is 6. The van der Waals surface area contributed by atoms with Crippen LogP contribution in [0.4, 0.5) is 4.39 Å². The van der Waals surface area contributed by atoms with Gasteiger partial charge in [-0.2, -0.15) is 11.8 Å². The summed E-state index contributed by atoms with van der Waals surface area (Å²) in [4.78, 5) is 22.9. The summed E-state index contributed by atoms with van der Waals surface area (Å²) in [5.41, 5.74) is 0.609. The van der Waals surface area contributed by atoms with E-state index in [0.29, 0.717) is 17.7 Å². The molecule has 1 rings (SSSR count). The molecule has 0 aliphatic heterocycles. The first-order chi connectivity index (χ1) is 8.95. The molecule has 19 heavy (non-hydrogen) atoms. The largest absolute Gasteiger partial charge is 0.480 e. The molecule has 1 aromatic carbocycles. The van der Waals surface area contributed by atoms with Crippen molar-refractivity contribution in [2.24, 2.45) is 0 Å². The Bertz CT molecular complexity index is 479.